The van der Waals surface area contributed by atoms with Gasteiger partial charge in [-0.1, -0.05) is 30.3 Å². The quantitative estimate of drug-likeness (QED) is 0.712. The molecule has 0 unspecified atom stereocenters. The summed E-state index contributed by atoms with van der Waals surface area (Å²) in [6, 6.07) is 13.0. The number of halogens is 2. The van der Waals surface area contributed by atoms with Gasteiger partial charge >= 0.3 is 0 Å². The minimum atomic E-state index is -0.661. The molecule has 26 heavy (non-hydrogen) atoms. The lowest BCUT2D eigenvalue weighted by molar-refractivity contribution is -0.911. The van der Waals surface area contributed by atoms with Crippen molar-refractivity contribution in [3.63, 3.8) is 0 Å². The Bertz CT molecular complexity index is 975. The maximum Gasteiger partial charge on any atom is 0.207 e. The van der Waals surface area contributed by atoms with Crippen LogP contribution in [0.25, 0.3) is 17.1 Å². The van der Waals surface area contributed by atoms with Crippen molar-refractivity contribution in [2.45, 2.75) is 19.5 Å². The molecule has 2 heterocycles. The van der Waals surface area contributed by atoms with Crippen molar-refractivity contribution in [1.82, 2.24) is 14.3 Å². The molecular formula is C19H19F2N4S+. The molecule has 1 saturated heterocycles. The monoisotopic (exact) mass is 373 g/mol. The van der Waals surface area contributed by atoms with Crippen molar-refractivity contribution in [2.24, 2.45) is 0 Å². The molecule has 134 valence electrons. The molecule has 0 aliphatic carbocycles. The summed E-state index contributed by atoms with van der Waals surface area (Å²) >= 11 is 5.61. The second-order valence-electron chi connectivity index (χ2n) is 6.52. The van der Waals surface area contributed by atoms with Gasteiger partial charge in [-0.3, -0.25) is 4.57 Å². The lowest BCUT2D eigenvalue weighted by atomic mass is 10.2. The van der Waals surface area contributed by atoms with E-state index in [1.165, 1.54) is 29.9 Å². The molecule has 0 amide bonds. The number of aromatic nitrogens is 3. The van der Waals surface area contributed by atoms with Gasteiger partial charge in [-0.15, -0.1) is 5.10 Å². The molecule has 3 aromatic rings. The molecule has 0 bridgehead atoms. The number of benzene rings is 2. The Kier molecular flexibility index (Phi) is 4.65. The highest BCUT2D eigenvalue weighted by Gasteiger charge is 2.21. The zero-order valence-corrected chi connectivity index (χ0v) is 15.0. The van der Waals surface area contributed by atoms with Gasteiger partial charge in [0.2, 0.25) is 4.77 Å². The Balaban J connectivity index is 1.87. The van der Waals surface area contributed by atoms with Crippen LogP contribution in [-0.2, 0) is 6.67 Å². The molecule has 1 aliphatic rings. The molecule has 0 spiro atoms. The molecular weight excluding hydrogens is 354 g/mol. The van der Waals surface area contributed by atoms with Crippen molar-refractivity contribution in [3.05, 3.63) is 64.9 Å². The van der Waals surface area contributed by atoms with Crippen LogP contribution in [0.2, 0.25) is 0 Å². The maximum absolute atomic E-state index is 14.5. The lowest BCUT2D eigenvalue weighted by Crippen LogP contribution is -3.09. The van der Waals surface area contributed by atoms with E-state index in [-0.39, 0.29) is 5.69 Å². The van der Waals surface area contributed by atoms with E-state index in [1.54, 1.807) is 9.25 Å². The standard InChI is InChI=1S/C19H18F2N4S/c20-15-8-9-17(16(21)12-15)25-18(14-6-2-1-3-7-14)22-24(19(25)26)13-23-10-4-5-11-23/h1-3,6-9,12H,4-5,10-11,13H2/p+1. The molecule has 1 fully saturated rings. The van der Waals surface area contributed by atoms with E-state index in [1.807, 2.05) is 30.3 Å². The second-order valence-corrected chi connectivity index (χ2v) is 6.88. The first-order chi connectivity index (χ1) is 12.6. The Morgan fingerprint density at radius 2 is 1.77 bits per heavy atom. The maximum atomic E-state index is 14.5. The van der Waals surface area contributed by atoms with Crippen LogP contribution in [0.5, 0.6) is 0 Å². The Hall–Kier alpha value is -2.38. The van der Waals surface area contributed by atoms with Crippen LogP contribution in [0.15, 0.2) is 48.5 Å². The van der Waals surface area contributed by atoms with Gasteiger partial charge in [0.1, 0.15) is 11.6 Å². The van der Waals surface area contributed by atoms with Crippen molar-refractivity contribution in [2.75, 3.05) is 13.1 Å². The van der Waals surface area contributed by atoms with Gasteiger partial charge in [0, 0.05) is 24.5 Å². The number of likely N-dealkylation sites (tertiary alicyclic amines) is 1. The van der Waals surface area contributed by atoms with Gasteiger partial charge in [-0.2, -0.15) is 4.68 Å². The van der Waals surface area contributed by atoms with Crippen LogP contribution < -0.4 is 4.90 Å². The largest absolute Gasteiger partial charge is 0.316 e. The van der Waals surface area contributed by atoms with Crippen molar-refractivity contribution in [3.8, 4) is 17.1 Å². The highest BCUT2D eigenvalue weighted by Crippen LogP contribution is 2.24. The third-order valence-corrected chi connectivity index (χ3v) is 5.10. The second kappa shape index (κ2) is 7.09. The van der Waals surface area contributed by atoms with Gasteiger partial charge < -0.3 is 4.90 Å². The fraction of sp³-hybridized carbons (Fsp3) is 0.263. The number of nitrogens with one attached hydrogen (secondary N) is 1. The highest BCUT2D eigenvalue weighted by atomic mass is 32.1. The van der Waals surface area contributed by atoms with E-state index >= 15 is 0 Å². The van der Waals surface area contributed by atoms with Crippen LogP contribution >= 0.6 is 12.2 Å². The van der Waals surface area contributed by atoms with Crippen LogP contribution in [0.3, 0.4) is 0 Å². The van der Waals surface area contributed by atoms with E-state index in [9.17, 15) is 8.78 Å². The first kappa shape index (κ1) is 17.1. The zero-order valence-electron chi connectivity index (χ0n) is 14.2. The minimum Gasteiger partial charge on any atom is -0.316 e. The molecule has 0 radical (unpaired) electrons. The van der Waals surface area contributed by atoms with E-state index < -0.39 is 11.6 Å². The van der Waals surface area contributed by atoms with Crippen molar-refractivity contribution < 1.29 is 13.7 Å². The van der Waals surface area contributed by atoms with Gasteiger partial charge in [0.15, 0.2) is 12.5 Å². The summed E-state index contributed by atoms with van der Waals surface area (Å²) in [6.45, 7) is 2.81. The van der Waals surface area contributed by atoms with E-state index in [2.05, 4.69) is 5.10 Å². The summed E-state index contributed by atoms with van der Waals surface area (Å²) in [5, 5.41) is 4.68. The van der Waals surface area contributed by atoms with E-state index in [0.29, 0.717) is 17.3 Å². The topological polar surface area (TPSA) is 27.2 Å². The van der Waals surface area contributed by atoms with Gasteiger partial charge in [0.05, 0.1) is 18.8 Å². The predicted octanol–water partition coefficient (Wildman–Crippen LogP) is 2.98. The normalized spacial score (nSPS) is 14.8. The average Bonchev–Trinajstić information content (AvgIpc) is 3.25. The summed E-state index contributed by atoms with van der Waals surface area (Å²) in [6.07, 6.45) is 2.39. The number of rotatable bonds is 4. The SMILES string of the molecule is Fc1ccc(-n2c(-c3ccccc3)nn(C[NH+]3CCCC3)c2=S)c(F)c1. The molecule has 2 aromatic carbocycles. The third-order valence-electron chi connectivity index (χ3n) is 4.71. The molecule has 1 N–H and O–H groups in total. The first-order valence-corrected chi connectivity index (χ1v) is 9.08. The van der Waals surface area contributed by atoms with Gasteiger partial charge in [-0.05, 0) is 24.4 Å². The number of hydrogen-bond acceptors (Lipinski definition) is 2. The molecule has 4 nitrogen and oxygen atoms in total. The van der Waals surface area contributed by atoms with E-state index in [0.717, 1.165) is 24.7 Å². The number of quaternary nitrogens is 1. The predicted molar refractivity (Wildman–Crippen MR) is 97.7 cm³/mol. The molecule has 1 aromatic heterocycles. The summed E-state index contributed by atoms with van der Waals surface area (Å²) in [5.74, 6) is -0.723. The average molecular weight is 373 g/mol. The zero-order chi connectivity index (χ0) is 18.1. The van der Waals surface area contributed by atoms with Gasteiger partial charge in [0.25, 0.3) is 0 Å². The Labute approximate surface area is 155 Å². The summed E-state index contributed by atoms with van der Waals surface area (Å²) < 4.78 is 31.6. The molecule has 4 rings (SSSR count). The summed E-state index contributed by atoms with van der Waals surface area (Å²) in [5.41, 5.74) is 1.04. The van der Waals surface area contributed by atoms with Crippen LogP contribution in [-0.4, -0.2) is 27.4 Å². The fourth-order valence-electron chi connectivity index (χ4n) is 3.41. The van der Waals surface area contributed by atoms with Crippen molar-refractivity contribution in [1.29, 1.82) is 0 Å². The van der Waals surface area contributed by atoms with Crippen LogP contribution in [0.1, 0.15) is 12.8 Å². The van der Waals surface area contributed by atoms with Crippen LogP contribution in [0, 0.1) is 16.4 Å². The fourth-order valence-corrected chi connectivity index (χ4v) is 3.70. The smallest absolute Gasteiger partial charge is 0.207 e. The minimum absolute atomic E-state index is 0.206. The molecule has 0 saturated carbocycles. The molecule has 1 aliphatic heterocycles. The molecule has 7 heteroatoms. The van der Waals surface area contributed by atoms with Crippen molar-refractivity contribution >= 4 is 12.2 Å². The highest BCUT2D eigenvalue weighted by molar-refractivity contribution is 7.71. The number of hydrogen-bond donors (Lipinski definition) is 1. The van der Waals surface area contributed by atoms with E-state index in [4.69, 9.17) is 12.2 Å². The third kappa shape index (κ3) is 3.20. The number of nitrogens with zero attached hydrogens (tertiary/aromatic N) is 3. The Morgan fingerprint density at radius 3 is 2.46 bits per heavy atom. The molecule has 0 atom stereocenters. The Morgan fingerprint density at radius 1 is 1.04 bits per heavy atom. The first-order valence-electron chi connectivity index (χ1n) is 8.68. The summed E-state index contributed by atoms with van der Waals surface area (Å²) in [7, 11) is 0. The lowest BCUT2D eigenvalue weighted by Gasteiger charge is -2.11. The van der Waals surface area contributed by atoms with Crippen LogP contribution in [0.4, 0.5) is 8.78 Å². The van der Waals surface area contributed by atoms with Gasteiger partial charge in [-0.25, -0.2) is 8.78 Å². The summed E-state index contributed by atoms with van der Waals surface area (Å²) in [4.78, 5) is 1.41.